The van der Waals surface area contributed by atoms with Crippen molar-refractivity contribution >= 4 is 11.6 Å². The van der Waals surface area contributed by atoms with Crippen molar-refractivity contribution < 1.29 is 14.3 Å². The Morgan fingerprint density at radius 3 is 2.69 bits per heavy atom. The number of carbonyl (C=O) groups is 1. The van der Waals surface area contributed by atoms with Gasteiger partial charge in [-0.3, -0.25) is 14.2 Å². The van der Waals surface area contributed by atoms with Crippen LogP contribution in [0.4, 0.5) is 5.69 Å². The summed E-state index contributed by atoms with van der Waals surface area (Å²) in [4.78, 5) is 28.7. The van der Waals surface area contributed by atoms with Crippen LogP contribution in [0.5, 0.6) is 11.5 Å². The summed E-state index contributed by atoms with van der Waals surface area (Å²) in [7, 11) is 0. The van der Waals surface area contributed by atoms with Gasteiger partial charge in [-0.15, -0.1) is 0 Å². The maximum absolute atomic E-state index is 12.3. The van der Waals surface area contributed by atoms with E-state index in [-0.39, 0.29) is 24.8 Å². The molecule has 0 atom stereocenters. The number of amides is 1. The van der Waals surface area contributed by atoms with Crippen LogP contribution >= 0.6 is 0 Å². The SMILES string of the molecule is O=C(Cn1cnc(-c2ccc3c(c2)OCO3)cc1=O)Nc1ccccc1. The number of ether oxygens (including phenoxy) is 2. The van der Waals surface area contributed by atoms with Crippen LogP contribution in [0.3, 0.4) is 0 Å². The number of para-hydroxylation sites is 1. The fourth-order valence-electron chi connectivity index (χ4n) is 2.64. The van der Waals surface area contributed by atoms with E-state index in [0.29, 0.717) is 22.9 Å². The molecule has 0 unspecified atom stereocenters. The molecule has 0 aliphatic carbocycles. The Labute approximate surface area is 148 Å². The third kappa shape index (κ3) is 3.27. The predicted molar refractivity (Wildman–Crippen MR) is 95.1 cm³/mol. The minimum atomic E-state index is -0.309. The Balaban J connectivity index is 1.51. The van der Waals surface area contributed by atoms with Crippen LogP contribution in [0.1, 0.15) is 0 Å². The summed E-state index contributed by atoms with van der Waals surface area (Å²) in [6.07, 6.45) is 1.37. The van der Waals surface area contributed by atoms with Crippen molar-refractivity contribution in [2.45, 2.75) is 6.54 Å². The molecule has 0 saturated heterocycles. The molecule has 0 radical (unpaired) electrons. The van der Waals surface area contributed by atoms with Gasteiger partial charge in [-0.1, -0.05) is 18.2 Å². The average molecular weight is 349 g/mol. The highest BCUT2D eigenvalue weighted by Gasteiger charge is 2.15. The number of hydrogen-bond acceptors (Lipinski definition) is 5. The molecule has 1 amide bonds. The number of fused-ring (bicyclic) bond motifs is 1. The van der Waals surface area contributed by atoms with Gasteiger partial charge in [-0.05, 0) is 30.3 Å². The molecule has 0 fully saturated rings. The summed E-state index contributed by atoms with van der Waals surface area (Å²) in [5.41, 5.74) is 1.62. The number of benzene rings is 2. The molecule has 3 aromatic rings. The molecule has 2 aromatic carbocycles. The Kier molecular flexibility index (Phi) is 4.10. The number of anilines is 1. The van der Waals surface area contributed by atoms with Crippen LogP contribution in [0.2, 0.25) is 0 Å². The molecule has 0 spiro atoms. The summed E-state index contributed by atoms with van der Waals surface area (Å²) in [6, 6.07) is 15.8. The topological polar surface area (TPSA) is 82.5 Å². The molecule has 1 aliphatic heterocycles. The van der Waals surface area contributed by atoms with Crippen LogP contribution in [0.25, 0.3) is 11.3 Å². The first kappa shape index (κ1) is 15.9. The quantitative estimate of drug-likeness (QED) is 0.781. The molecule has 26 heavy (non-hydrogen) atoms. The minimum Gasteiger partial charge on any atom is -0.454 e. The molecule has 1 aliphatic rings. The summed E-state index contributed by atoms with van der Waals surface area (Å²) in [5.74, 6) is 0.992. The van der Waals surface area contributed by atoms with Gasteiger partial charge in [0.25, 0.3) is 5.56 Å². The lowest BCUT2D eigenvalue weighted by atomic mass is 10.1. The predicted octanol–water partition coefficient (Wildman–Crippen LogP) is 2.28. The lowest BCUT2D eigenvalue weighted by Crippen LogP contribution is -2.27. The van der Waals surface area contributed by atoms with Crippen LogP contribution in [0.15, 0.2) is 65.7 Å². The van der Waals surface area contributed by atoms with Crippen LogP contribution in [-0.2, 0) is 11.3 Å². The zero-order chi connectivity index (χ0) is 17.9. The number of aromatic nitrogens is 2. The van der Waals surface area contributed by atoms with Gasteiger partial charge in [-0.25, -0.2) is 4.98 Å². The van der Waals surface area contributed by atoms with E-state index in [2.05, 4.69) is 10.3 Å². The van der Waals surface area contributed by atoms with Crippen molar-refractivity contribution in [3.8, 4) is 22.8 Å². The third-order valence-electron chi connectivity index (χ3n) is 3.92. The van der Waals surface area contributed by atoms with Crippen molar-refractivity contribution in [2.24, 2.45) is 0 Å². The first-order chi connectivity index (χ1) is 12.7. The highest BCUT2D eigenvalue weighted by molar-refractivity contribution is 5.90. The van der Waals surface area contributed by atoms with Gasteiger partial charge in [0.1, 0.15) is 6.54 Å². The second-order valence-electron chi connectivity index (χ2n) is 5.72. The molecular formula is C19H15N3O4. The number of nitrogens with one attached hydrogen (secondary N) is 1. The first-order valence-electron chi connectivity index (χ1n) is 8.00. The fourth-order valence-corrected chi connectivity index (χ4v) is 2.64. The molecule has 4 rings (SSSR count). The Morgan fingerprint density at radius 1 is 1.08 bits per heavy atom. The fraction of sp³-hybridized carbons (Fsp3) is 0.105. The largest absolute Gasteiger partial charge is 0.454 e. The van der Waals surface area contributed by atoms with Crippen LogP contribution in [-0.4, -0.2) is 22.3 Å². The lowest BCUT2D eigenvalue weighted by molar-refractivity contribution is -0.116. The lowest BCUT2D eigenvalue weighted by Gasteiger charge is -2.08. The van der Waals surface area contributed by atoms with E-state index in [1.54, 1.807) is 24.3 Å². The molecule has 130 valence electrons. The van der Waals surface area contributed by atoms with Crippen molar-refractivity contribution in [3.05, 3.63) is 71.3 Å². The maximum atomic E-state index is 12.3. The van der Waals surface area contributed by atoms with E-state index in [0.717, 1.165) is 5.56 Å². The van der Waals surface area contributed by atoms with E-state index < -0.39 is 0 Å². The molecule has 0 saturated carbocycles. The van der Waals surface area contributed by atoms with Crippen molar-refractivity contribution in [3.63, 3.8) is 0 Å². The summed E-state index contributed by atoms with van der Waals surface area (Å²) >= 11 is 0. The number of nitrogens with zero attached hydrogens (tertiary/aromatic N) is 2. The number of hydrogen-bond donors (Lipinski definition) is 1. The van der Waals surface area contributed by atoms with Crippen LogP contribution < -0.4 is 20.3 Å². The molecule has 7 heteroatoms. The number of carbonyl (C=O) groups excluding carboxylic acids is 1. The molecule has 0 bridgehead atoms. The minimum absolute atomic E-state index is 0.109. The molecule has 7 nitrogen and oxygen atoms in total. The monoisotopic (exact) mass is 349 g/mol. The second kappa shape index (κ2) is 6.72. The normalized spacial score (nSPS) is 12.0. The van der Waals surface area contributed by atoms with Gasteiger partial charge < -0.3 is 14.8 Å². The van der Waals surface area contributed by atoms with Crippen LogP contribution in [0, 0.1) is 0 Å². The van der Waals surface area contributed by atoms with E-state index in [4.69, 9.17) is 9.47 Å². The zero-order valence-electron chi connectivity index (χ0n) is 13.7. The van der Waals surface area contributed by atoms with E-state index in [1.165, 1.54) is 17.0 Å². The third-order valence-corrected chi connectivity index (χ3v) is 3.92. The smallest absolute Gasteiger partial charge is 0.254 e. The Morgan fingerprint density at radius 2 is 1.88 bits per heavy atom. The van der Waals surface area contributed by atoms with Gasteiger partial charge in [-0.2, -0.15) is 0 Å². The van der Waals surface area contributed by atoms with Gasteiger partial charge in [0.2, 0.25) is 12.7 Å². The second-order valence-corrected chi connectivity index (χ2v) is 5.72. The zero-order valence-corrected chi connectivity index (χ0v) is 13.7. The highest BCUT2D eigenvalue weighted by atomic mass is 16.7. The maximum Gasteiger partial charge on any atom is 0.254 e. The highest BCUT2D eigenvalue weighted by Crippen LogP contribution is 2.35. The van der Waals surface area contributed by atoms with E-state index in [9.17, 15) is 9.59 Å². The van der Waals surface area contributed by atoms with Gasteiger partial charge in [0.05, 0.1) is 12.0 Å². The van der Waals surface area contributed by atoms with Crippen molar-refractivity contribution in [2.75, 3.05) is 12.1 Å². The molecule has 1 N–H and O–H groups in total. The van der Waals surface area contributed by atoms with E-state index in [1.807, 2.05) is 24.3 Å². The first-order valence-corrected chi connectivity index (χ1v) is 8.00. The standard InChI is InChI=1S/C19H15N3O4/c23-18(21-14-4-2-1-3-5-14)10-22-11-20-15(9-19(22)24)13-6-7-16-17(8-13)26-12-25-16/h1-9,11H,10,12H2,(H,21,23). The number of rotatable bonds is 4. The summed E-state index contributed by atoms with van der Waals surface area (Å²) in [6.45, 7) is 0.0759. The summed E-state index contributed by atoms with van der Waals surface area (Å²) in [5, 5.41) is 2.74. The van der Waals surface area contributed by atoms with Gasteiger partial charge in [0, 0.05) is 17.3 Å². The Bertz CT molecular complexity index is 1010. The van der Waals surface area contributed by atoms with Crippen molar-refractivity contribution in [1.29, 1.82) is 0 Å². The average Bonchev–Trinajstić information content (AvgIpc) is 3.12. The van der Waals surface area contributed by atoms with Gasteiger partial charge in [0.15, 0.2) is 11.5 Å². The summed E-state index contributed by atoms with van der Waals surface area (Å²) < 4.78 is 11.9. The van der Waals surface area contributed by atoms with Crippen molar-refractivity contribution in [1.82, 2.24) is 9.55 Å². The Hall–Kier alpha value is -3.61. The van der Waals surface area contributed by atoms with E-state index >= 15 is 0 Å². The molecular weight excluding hydrogens is 334 g/mol. The molecule has 1 aromatic heterocycles. The molecule has 2 heterocycles. The van der Waals surface area contributed by atoms with Gasteiger partial charge >= 0.3 is 0 Å².